The van der Waals surface area contributed by atoms with Gasteiger partial charge < -0.3 is 10.1 Å². The van der Waals surface area contributed by atoms with Crippen LogP contribution in [0, 0.1) is 11.6 Å². The van der Waals surface area contributed by atoms with E-state index in [2.05, 4.69) is 4.98 Å². The number of phenolic OH excluding ortho intramolecular Hbond substituents is 1. The zero-order chi connectivity index (χ0) is 19.3. The topological polar surface area (TPSA) is 82.2 Å². The summed E-state index contributed by atoms with van der Waals surface area (Å²) in [6.45, 7) is 0. The lowest BCUT2D eigenvalue weighted by molar-refractivity contribution is -0.137. The Hall–Kier alpha value is -2.82. The molecule has 3 rings (SSSR count). The number of alkyl halides is 3. The molecule has 0 aliphatic heterocycles. The second kappa shape index (κ2) is 5.87. The van der Waals surface area contributed by atoms with Gasteiger partial charge in [-0.15, -0.1) is 0 Å². The smallest absolute Gasteiger partial charge is 0.416 e. The first-order valence-corrected chi connectivity index (χ1v) is 8.37. The zero-order valence-electron chi connectivity index (χ0n) is 12.5. The number of hydrogen-bond acceptors (Lipinski definition) is 3. The van der Waals surface area contributed by atoms with Crippen LogP contribution >= 0.6 is 0 Å². The molecule has 0 aliphatic carbocycles. The fourth-order valence-corrected chi connectivity index (χ4v) is 3.56. The molecule has 2 aromatic carbocycles. The first kappa shape index (κ1) is 18.0. The van der Waals surface area contributed by atoms with E-state index < -0.39 is 49.7 Å². The molecule has 0 radical (unpaired) electrons. The van der Waals surface area contributed by atoms with E-state index in [4.69, 9.17) is 0 Å². The van der Waals surface area contributed by atoms with Gasteiger partial charge in [-0.25, -0.2) is 17.2 Å². The lowest BCUT2D eigenvalue weighted by Gasteiger charge is -2.10. The summed E-state index contributed by atoms with van der Waals surface area (Å²) in [5, 5.41) is 9.14. The highest BCUT2D eigenvalue weighted by molar-refractivity contribution is 7.93. The van der Waals surface area contributed by atoms with Crippen LogP contribution in [-0.4, -0.2) is 18.5 Å². The lowest BCUT2D eigenvalue weighted by Crippen LogP contribution is -2.14. The van der Waals surface area contributed by atoms with Gasteiger partial charge in [-0.3, -0.25) is 4.72 Å². The molecular weight excluding hydrogens is 383 g/mol. The SMILES string of the molecule is O=S(=O)(Nc1ccc(F)c(O)c1F)c1c[nH]c2cc(C(F)(F)F)ccc12. The molecule has 0 saturated carbocycles. The summed E-state index contributed by atoms with van der Waals surface area (Å²) in [5.74, 6) is -4.16. The maximum Gasteiger partial charge on any atom is 0.416 e. The van der Waals surface area contributed by atoms with Crippen molar-refractivity contribution in [3.05, 3.63) is 53.7 Å². The third-order valence-corrected chi connectivity index (χ3v) is 4.98. The molecule has 11 heteroatoms. The molecule has 1 aromatic heterocycles. The number of benzene rings is 2. The van der Waals surface area contributed by atoms with Crippen LogP contribution in [0.25, 0.3) is 10.9 Å². The van der Waals surface area contributed by atoms with E-state index in [0.717, 1.165) is 24.4 Å². The van der Waals surface area contributed by atoms with Gasteiger partial charge in [0.2, 0.25) is 0 Å². The molecule has 0 fully saturated rings. The van der Waals surface area contributed by atoms with Gasteiger partial charge in [-0.05, 0) is 24.3 Å². The molecule has 0 amide bonds. The molecule has 0 bridgehead atoms. The molecule has 0 aliphatic rings. The number of aromatic nitrogens is 1. The van der Waals surface area contributed by atoms with E-state index in [1.54, 1.807) is 0 Å². The molecular formula is C15H9F5N2O3S. The van der Waals surface area contributed by atoms with Gasteiger partial charge in [-0.1, -0.05) is 6.07 Å². The number of aromatic amines is 1. The molecule has 0 spiro atoms. The van der Waals surface area contributed by atoms with Crippen molar-refractivity contribution in [2.24, 2.45) is 0 Å². The zero-order valence-corrected chi connectivity index (χ0v) is 13.3. The number of anilines is 1. The number of fused-ring (bicyclic) bond motifs is 1. The Balaban J connectivity index is 2.04. The minimum absolute atomic E-state index is 0.0581. The minimum Gasteiger partial charge on any atom is -0.503 e. The third kappa shape index (κ3) is 3.05. The highest BCUT2D eigenvalue weighted by atomic mass is 32.2. The number of nitrogens with one attached hydrogen (secondary N) is 2. The summed E-state index contributed by atoms with van der Waals surface area (Å²) in [6, 6.07) is 3.82. The number of sulfonamides is 1. The van der Waals surface area contributed by atoms with Gasteiger partial charge in [0, 0.05) is 17.1 Å². The second-order valence-corrected chi connectivity index (χ2v) is 6.92. The molecule has 3 N–H and O–H groups in total. The van der Waals surface area contributed by atoms with E-state index >= 15 is 0 Å². The van der Waals surface area contributed by atoms with Crippen molar-refractivity contribution in [1.29, 1.82) is 0 Å². The van der Waals surface area contributed by atoms with E-state index in [1.165, 1.54) is 0 Å². The monoisotopic (exact) mass is 392 g/mol. The number of rotatable bonds is 3. The Labute approximate surface area is 143 Å². The average molecular weight is 392 g/mol. The summed E-state index contributed by atoms with van der Waals surface area (Å²) >= 11 is 0. The highest BCUT2D eigenvalue weighted by Crippen LogP contribution is 2.34. The van der Waals surface area contributed by atoms with Crippen LogP contribution < -0.4 is 4.72 Å². The fourth-order valence-electron chi connectivity index (χ4n) is 2.32. The molecule has 1 heterocycles. The number of hydrogen-bond donors (Lipinski definition) is 3. The van der Waals surface area contributed by atoms with Crippen LogP contribution in [-0.2, 0) is 16.2 Å². The van der Waals surface area contributed by atoms with Crippen LogP contribution in [0.15, 0.2) is 41.4 Å². The Kier molecular flexibility index (Phi) is 4.06. The standard InChI is InChI=1S/C15H9F5N2O3S/c16-9-3-4-10(13(17)14(9)23)22-26(24,25)12-6-21-11-5-7(15(18,19)20)1-2-8(11)12/h1-6,21-23H. The Morgan fingerprint density at radius 1 is 1.08 bits per heavy atom. The van der Waals surface area contributed by atoms with Gasteiger partial charge >= 0.3 is 6.18 Å². The van der Waals surface area contributed by atoms with Crippen molar-refractivity contribution in [2.45, 2.75) is 11.1 Å². The number of halogens is 5. The van der Waals surface area contributed by atoms with E-state index in [-0.39, 0.29) is 10.9 Å². The van der Waals surface area contributed by atoms with E-state index in [0.29, 0.717) is 12.1 Å². The van der Waals surface area contributed by atoms with Gasteiger partial charge in [0.1, 0.15) is 4.90 Å². The predicted octanol–water partition coefficient (Wildman–Crippen LogP) is 3.97. The van der Waals surface area contributed by atoms with Gasteiger partial charge in [0.05, 0.1) is 11.3 Å². The molecule has 138 valence electrons. The Morgan fingerprint density at radius 2 is 1.77 bits per heavy atom. The first-order valence-electron chi connectivity index (χ1n) is 6.89. The summed E-state index contributed by atoms with van der Waals surface area (Å²) in [4.78, 5) is 1.97. The second-order valence-electron chi connectivity index (χ2n) is 5.27. The van der Waals surface area contributed by atoms with Crippen LogP contribution in [0.5, 0.6) is 5.75 Å². The molecule has 0 saturated heterocycles. The fraction of sp³-hybridized carbons (Fsp3) is 0.0667. The summed E-state index contributed by atoms with van der Waals surface area (Å²) < 4.78 is 91.6. The maximum absolute atomic E-state index is 13.8. The number of phenols is 1. The molecule has 5 nitrogen and oxygen atoms in total. The van der Waals surface area contributed by atoms with Crippen LogP contribution in [0.3, 0.4) is 0 Å². The predicted molar refractivity (Wildman–Crippen MR) is 82.1 cm³/mol. The van der Waals surface area contributed by atoms with E-state index in [9.17, 15) is 35.5 Å². The number of H-pyrrole nitrogens is 1. The molecule has 0 unspecified atom stereocenters. The van der Waals surface area contributed by atoms with Crippen LogP contribution in [0.4, 0.5) is 27.6 Å². The van der Waals surface area contributed by atoms with Crippen molar-refractivity contribution in [3.63, 3.8) is 0 Å². The first-order chi connectivity index (χ1) is 12.0. The Morgan fingerprint density at radius 3 is 2.42 bits per heavy atom. The quantitative estimate of drug-likeness (QED) is 0.590. The Bertz CT molecular complexity index is 1110. The number of aromatic hydroxyl groups is 1. The van der Waals surface area contributed by atoms with Crippen LogP contribution in [0.2, 0.25) is 0 Å². The summed E-state index contributed by atoms with van der Waals surface area (Å²) in [7, 11) is -4.43. The van der Waals surface area contributed by atoms with Crippen molar-refractivity contribution < 1.29 is 35.5 Å². The maximum atomic E-state index is 13.8. The third-order valence-electron chi connectivity index (χ3n) is 3.57. The lowest BCUT2D eigenvalue weighted by atomic mass is 10.1. The molecule has 26 heavy (non-hydrogen) atoms. The molecule has 0 atom stereocenters. The molecule has 3 aromatic rings. The normalized spacial score (nSPS) is 12.5. The minimum atomic E-state index is -4.61. The highest BCUT2D eigenvalue weighted by Gasteiger charge is 2.31. The van der Waals surface area contributed by atoms with Gasteiger partial charge in [0.15, 0.2) is 17.4 Å². The van der Waals surface area contributed by atoms with Crippen molar-refractivity contribution >= 4 is 26.6 Å². The average Bonchev–Trinajstić information content (AvgIpc) is 2.98. The summed E-state index contributed by atoms with van der Waals surface area (Å²) in [6.07, 6.45) is -3.67. The largest absolute Gasteiger partial charge is 0.503 e. The van der Waals surface area contributed by atoms with E-state index in [1.807, 2.05) is 4.72 Å². The van der Waals surface area contributed by atoms with Crippen molar-refractivity contribution in [3.8, 4) is 5.75 Å². The van der Waals surface area contributed by atoms with Crippen LogP contribution in [0.1, 0.15) is 5.56 Å². The summed E-state index contributed by atoms with van der Waals surface area (Å²) in [5.41, 5.74) is -1.79. The van der Waals surface area contributed by atoms with Crippen molar-refractivity contribution in [1.82, 2.24) is 4.98 Å². The van der Waals surface area contributed by atoms with Crippen molar-refractivity contribution in [2.75, 3.05) is 4.72 Å². The van der Waals surface area contributed by atoms with Gasteiger partial charge in [-0.2, -0.15) is 13.2 Å². The van der Waals surface area contributed by atoms with Gasteiger partial charge in [0.25, 0.3) is 10.0 Å².